The number of fused-ring (bicyclic) bond motifs is 1. The van der Waals surface area contributed by atoms with Crippen molar-refractivity contribution >= 4 is 10.9 Å². The van der Waals surface area contributed by atoms with Crippen LogP contribution in [0, 0.1) is 5.82 Å². The Morgan fingerprint density at radius 3 is 2.52 bits per heavy atom. The lowest BCUT2D eigenvalue weighted by molar-refractivity contribution is 0.415. The van der Waals surface area contributed by atoms with E-state index in [1.807, 2.05) is 35.0 Å². The van der Waals surface area contributed by atoms with Crippen LogP contribution in [0.3, 0.4) is 0 Å². The van der Waals surface area contributed by atoms with Crippen LogP contribution in [0.4, 0.5) is 4.39 Å². The van der Waals surface area contributed by atoms with E-state index in [9.17, 15) is 4.39 Å². The van der Waals surface area contributed by atoms with E-state index in [1.165, 1.54) is 18.9 Å². The zero-order valence-corrected chi connectivity index (χ0v) is 13.1. The highest BCUT2D eigenvalue weighted by molar-refractivity contribution is 5.93. The molecule has 1 heterocycles. The second kappa shape index (κ2) is 5.69. The Morgan fingerprint density at radius 1 is 1.09 bits per heavy atom. The molecule has 0 radical (unpaired) electrons. The molecule has 0 bridgehead atoms. The van der Waals surface area contributed by atoms with Gasteiger partial charge in [-0.15, -0.1) is 0 Å². The second-order valence-electron chi connectivity index (χ2n) is 6.10. The van der Waals surface area contributed by atoms with Crippen molar-refractivity contribution in [3.05, 3.63) is 48.3 Å². The summed E-state index contributed by atoms with van der Waals surface area (Å²) in [5, 5.41) is 5.50. The fraction of sp³-hybridized carbons (Fsp3) is 0.316. The fourth-order valence-electron chi connectivity index (χ4n) is 3.54. The summed E-state index contributed by atoms with van der Waals surface area (Å²) in [6.45, 7) is 0. The van der Waals surface area contributed by atoms with Crippen molar-refractivity contribution in [2.24, 2.45) is 0 Å². The summed E-state index contributed by atoms with van der Waals surface area (Å²) in [4.78, 5) is 0. The standard InChI is InChI=1S/C19H19FN2O/c1-23-15-11-9-13(10-12-15)19-16-7-4-8-17(20)18(16)21-22(19)14-5-2-3-6-14/h4,7-12,14H,2-3,5-6H2,1H3. The monoisotopic (exact) mass is 310 g/mol. The van der Waals surface area contributed by atoms with Gasteiger partial charge in [0.05, 0.1) is 18.8 Å². The molecule has 118 valence electrons. The molecular formula is C19H19FN2O. The Hall–Kier alpha value is -2.36. The van der Waals surface area contributed by atoms with Crippen LogP contribution < -0.4 is 4.74 Å². The number of rotatable bonds is 3. The van der Waals surface area contributed by atoms with Gasteiger partial charge in [-0.2, -0.15) is 5.10 Å². The lowest BCUT2D eigenvalue weighted by Crippen LogP contribution is -2.08. The van der Waals surface area contributed by atoms with Crippen LogP contribution in [0.1, 0.15) is 31.7 Å². The van der Waals surface area contributed by atoms with Gasteiger partial charge in [-0.05, 0) is 43.2 Å². The SMILES string of the molecule is COc1ccc(-c2c3cccc(F)c3nn2C2CCCC2)cc1. The van der Waals surface area contributed by atoms with Crippen molar-refractivity contribution in [3.8, 4) is 17.0 Å². The molecule has 1 aromatic heterocycles. The molecule has 0 saturated heterocycles. The van der Waals surface area contributed by atoms with E-state index in [1.54, 1.807) is 13.2 Å². The van der Waals surface area contributed by atoms with Crippen LogP contribution >= 0.6 is 0 Å². The molecule has 0 spiro atoms. The zero-order chi connectivity index (χ0) is 15.8. The van der Waals surface area contributed by atoms with Gasteiger partial charge in [-0.1, -0.05) is 25.0 Å². The van der Waals surface area contributed by atoms with E-state index in [-0.39, 0.29) is 5.82 Å². The van der Waals surface area contributed by atoms with Gasteiger partial charge in [0.2, 0.25) is 0 Å². The van der Waals surface area contributed by atoms with Gasteiger partial charge >= 0.3 is 0 Å². The molecule has 3 nitrogen and oxygen atoms in total. The van der Waals surface area contributed by atoms with E-state index in [0.29, 0.717) is 11.6 Å². The third-order valence-electron chi connectivity index (χ3n) is 4.71. The molecular weight excluding hydrogens is 291 g/mol. The highest BCUT2D eigenvalue weighted by Crippen LogP contribution is 2.38. The van der Waals surface area contributed by atoms with Crippen molar-refractivity contribution in [2.75, 3.05) is 7.11 Å². The number of benzene rings is 2. The molecule has 3 aromatic rings. The van der Waals surface area contributed by atoms with Crippen LogP contribution in [0.15, 0.2) is 42.5 Å². The highest BCUT2D eigenvalue weighted by atomic mass is 19.1. The van der Waals surface area contributed by atoms with Crippen molar-refractivity contribution in [1.82, 2.24) is 9.78 Å². The van der Waals surface area contributed by atoms with E-state index in [4.69, 9.17) is 4.74 Å². The summed E-state index contributed by atoms with van der Waals surface area (Å²) in [6.07, 6.45) is 4.65. The summed E-state index contributed by atoms with van der Waals surface area (Å²) in [5.41, 5.74) is 2.52. The maximum Gasteiger partial charge on any atom is 0.151 e. The van der Waals surface area contributed by atoms with Crippen LogP contribution in [0.25, 0.3) is 22.2 Å². The molecule has 4 heteroatoms. The minimum Gasteiger partial charge on any atom is -0.497 e. The van der Waals surface area contributed by atoms with Gasteiger partial charge in [0.15, 0.2) is 5.82 Å². The maximum atomic E-state index is 14.2. The van der Waals surface area contributed by atoms with Crippen LogP contribution in [-0.2, 0) is 0 Å². The quantitative estimate of drug-likeness (QED) is 0.683. The summed E-state index contributed by atoms with van der Waals surface area (Å²) in [6, 6.07) is 13.5. The molecule has 0 unspecified atom stereocenters. The number of methoxy groups -OCH3 is 1. The predicted molar refractivity (Wildman–Crippen MR) is 89.2 cm³/mol. The van der Waals surface area contributed by atoms with Gasteiger partial charge in [0.25, 0.3) is 0 Å². The van der Waals surface area contributed by atoms with E-state index in [2.05, 4.69) is 5.10 Å². The van der Waals surface area contributed by atoms with Crippen molar-refractivity contribution in [3.63, 3.8) is 0 Å². The molecule has 2 aromatic carbocycles. The molecule has 0 amide bonds. The van der Waals surface area contributed by atoms with Crippen LogP contribution in [0.2, 0.25) is 0 Å². The Morgan fingerprint density at radius 2 is 1.83 bits per heavy atom. The molecule has 1 saturated carbocycles. The molecule has 23 heavy (non-hydrogen) atoms. The second-order valence-corrected chi connectivity index (χ2v) is 6.10. The number of hydrogen-bond donors (Lipinski definition) is 0. The fourth-order valence-corrected chi connectivity index (χ4v) is 3.54. The molecule has 0 atom stereocenters. The van der Waals surface area contributed by atoms with Gasteiger partial charge in [-0.25, -0.2) is 4.39 Å². The van der Waals surface area contributed by atoms with Gasteiger partial charge < -0.3 is 4.74 Å². The molecule has 1 aliphatic rings. The van der Waals surface area contributed by atoms with E-state index < -0.39 is 0 Å². The highest BCUT2D eigenvalue weighted by Gasteiger charge is 2.24. The third kappa shape index (κ3) is 2.38. The first-order valence-electron chi connectivity index (χ1n) is 8.09. The minimum atomic E-state index is -0.256. The summed E-state index contributed by atoms with van der Waals surface area (Å²) < 4.78 is 21.5. The Kier molecular flexibility index (Phi) is 3.52. The Labute approximate surface area is 134 Å². The Bertz CT molecular complexity index is 832. The van der Waals surface area contributed by atoms with Gasteiger partial charge in [0.1, 0.15) is 11.3 Å². The average molecular weight is 310 g/mol. The largest absolute Gasteiger partial charge is 0.497 e. The van der Waals surface area contributed by atoms with Crippen molar-refractivity contribution in [1.29, 1.82) is 0 Å². The van der Waals surface area contributed by atoms with Crippen molar-refractivity contribution in [2.45, 2.75) is 31.7 Å². The predicted octanol–water partition coefficient (Wildman–Crippen LogP) is 4.97. The zero-order valence-electron chi connectivity index (χ0n) is 13.1. The number of aromatic nitrogens is 2. The summed E-state index contributed by atoms with van der Waals surface area (Å²) >= 11 is 0. The van der Waals surface area contributed by atoms with Crippen molar-refractivity contribution < 1.29 is 9.13 Å². The summed E-state index contributed by atoms with van der Waals surface area (Å²) in [5.74, 6) is 0.560. The minimum absolute atomic E-state index is 0.256. The van der Waals surface area contributed by atoms with Crippen LogP contribution in [-0.4, -0.2) is 16.9 Å². The smallest absolute Gasteiger partial charge is 0.151 e. The first-order chi connectivity index (χ1) is 11.3. The molecule has 0 aliphatic heterocycles. The Balaban J connectivity index is 1.94. The summed E-state index contributed by atoms with van der Waals surface area (Å²) in [7, 11) is 1.66. The normalized spacial score (nSPS) is 15.4. The van der Waals surface area contributed by atoms with E-state index in [0.717, 1.165) is 35.2 Å². The molecule has 0 N–H and O–H groups in total. The van der Waals surface area contributed by atoms with Gasteiger partial charge in [-0.3, -0.25) is 4.68 Å². The van der Waals surface area contributed by atoms with E-state index >= 15 is 0 Å². The number of ether oxygens (including phenoxy) is 1. The number of nitrogens with zero attached hydrogens (tertiary/aromatic N) is 2. The lowest BCUT2D eigenvalue weighted by Gasteiger charge is -2.14. The molecule has 1 aliphatic carbocycles. The first kappa shape index (κ1) is 14.2. The maximum absolute atomic E-state index is 14.2. The third-order valence-corrected chi connectivity index (χ3v) is 4.71. The number of hydrogen-bond acceptors (Lipinski definition) is 2. The number of halogens is 1. The molecule has 1 fully saturated rings. The molecule has 4 rings (SSSR count). The topological polar surface area (TPSA) is 27.1 Å². The van der Waals surface area contributed by atoms with Crippen LogP contribution in [0.5, 0.6) is 5.75 Å². The first-order valence-corrected chi connectivity index (χ1v) is 8.09. The van der Waals surface area contributed by atoms with Gasteiger partial charge in [0, 0.05) is 10.9 Å². The lowest BCUT2D eigenvalue weighted by atomic mass is 10.1. The average Bonchev–Trinajstić information content (AvgIpc) is 3.23.